The van der Waals surface area contributed by atoms with Crippen LogP contribution in [0.2, 0.25) is 0 Å². The van der Waals surface area contributed by atoms with Gasteiger partial charge in [0.15, 0.2) is 17.3 Å². The molecule has 1 aliphatic rings. The zero-order chi connectivity index (χ0) is 22.2. The van der Waals surface area contributed by atoms with Crippen molar-refractivity contribution in [2.24, 2.45) is 0 Å². The number of halogens is 2. The molecule has 3 aromatic heterocycles. The highest BCUT2D eigenvalue weighted by Crippen LogP contribution is 2.37. The molecule has 4 heterocycles. The molecule has 5 rings (SSSR count). The van der Waals surface area contributed by atoms with E-state index >= 15 is 0 Å². The molecule has 7 nitrogen and oxygen atoms in total. The van der Waals surface area contributed by atoms with Crippen molar-refractivity contribution in [3.63, 3.8) is 0 Å². The second kappa shape index (κ2) is 7.99. The summed E-state index contributed by atoms with van der Waals surface area (Å²) in [4.78, 5) is 23.4. The Morgan fingerprint density at radius 2 is 2.06 bits per heavy atom. The number of anilines is 2. The van der Waals surface area contributed by atoms with Gasteiger partial charge in [-0.15, -0.1) is 0 Å². The summed E-state index contributed by atoms with van der Waals surface area (Å²) in [5.41, 5.74) is 2.51. The third kappa shape index (κ3) is 3.45. The fourth-order valence-corrected chi connectivity index (χ4v) is 4.17. The fourth-order valence-electron chi connectivity index (χ4n) is 4.17. The number of aryl methyl sites for hydroxylation is 1. The summed E-state index contributed by atoms with van der Waals surface area (Å²) in [5.74, 6) is -1.35. The summed E-state index contributed by atoms with van der Waals surface area (Å²) >= 11 is 0. The monoisotopic (exact) mass is 434 g/mol. The number of fused-ring (bicyclic) bond motifs is 1. The molecule has 0 radical (unpaired) electrons. The lowest BCUT2D eigenvalue weighted by Crippen LogP contribution is -2.24. The van der Waals surface area contributed by atoms with Crippen molar-refractivity contribution in [2.75, 3.05) is 16.8 Å². The van der Waals surface area contributed by atoms with Crippen molar-refractivity contribution in [1.82, 2.24) is 19.6 Å². The number of hydrogen-bond donors (Lipinski definition) is 1. The van der Waals surface area contributed by atoms with Gasteiger partial charge in [-0.3, -0.25) is 9.78 Å². The first kappa shape index (κ1) is 20.0. The smallest absolute Gasteiger partial charge is 0.256 e. The first-order valence-electron chi connectivity index (χ1n) is 10.3. The molecule has 0 aliphatic carbocycles. The predicted octanol–water partition coefficient (Wildman–Crippen LogP) is 4.30. The van der Waals surface area contributed by atoms with Crippen LogP contribution in [0.3, 0.4) is 0 Å². The molecule has 1 unspecified atom stereocenters. The zero-order valence-corrected chi connectivity index (χ0v) is 17.3. The third-order valence-electron chi connectivity index (χ3n) is 5.76. The van der Waals surface area contributed by atoms with Gasteiger partial charge >= 0.3 is 0 Å². The van der Waals surface area contributed by atoms with Gasteiger partial charge in [-0.05, 0) is 43.5 Å². The van der Waals surface area contributed by atoms with Crippen LogP contribution in [0.25, 0.3) is 5.65 Å². The van der Waals surface area contributed by atoms with Gasteiger partial charge in [-0.1, -0.05) is 12.1 Å². The Balaban J connectivity index is 1.48. The summed E-state index contributed by atoms with van der Waals surface area (Å²) in [5, 5.41) is 7.12. The minimum Gasteiger partial charge on any atom is -0.349 e. The molecule has 1 aromatic carbocycles. The normalized spacial score (nSPS) is 16.0. The molecule has 1 aliphatic heterocycles. The number of amides is 1. The average molecular weight is 434 g/mol. The topological polar surface area (TPSA) is 75.4 Å². The Bertz CT molecular complexity index is 1320. The van der Waals surface area contributed by atoms with E-state index in [-0.39, 0.29) is 11.9 Å². The second-order valence-electron chi connectivity index (χ2n) is 7.75. The molecule has 9 heteroatoms. The number of hydrogen-bond acceptors (Lipinski definition) is 5. The van der Waals surface area contributed by atoms with Crippen LogP contribution in [0, 0.1) is 18.6 Å². The highest BCUT2D eigenvalue weighted by molar-refractivity contribution is 6.06. The molecule has 1 N–H and O–H groups in total. The Labute approximate surface area is 182 Å². The van der Waals surface area contributed by atoms with Crippen LogP contribution >= 0.6 is 0 Å². The van der Waals surface area contributed by atoms with Crippen LogP contribution < -0.4 is 10.2 Å². The minimum atomic E-state index is -0.857. The third-order valence-corrected chi connectivity index (χ3v) is 5.76. The van der Waals surface area contributed by atoms with Crippen molar-refractivity contribution in [1.29, 1.82) is 0 Å². The Morgan fingerprint density at radius 3 is 2.91 bits per heavy atom. The van der Waals surface area contributed by atoms with E-state index in [4.69, 9.17) is 4.98 Å². The number of carbonyl (C=O) groups excluding carboxylic acids is 1. The lowest BCUT2D eigenvalue weighted by atomic mass is 10.0. The molecule has 4 aromatic rings. The quantitative estimate of drug-likeness (QED) is 0.518. The number of nitrogens with zero attached hydrogens (tertiary/aromatic N) is 5. The van der Waals surface area contributed by atoms with E-state index in [0.717, 1.165) is 18.1 Å². The second-order valence-corrected chi connectivity index (χ2v) is 7.75. The molecule has 0 spiro atoms. The van der Waals surface area contributed by atoms with Crippen LogP contribution in [0.5, 0.6) is 0 Å². The zero-order valence-electron chi connectivity index (χ0n) is 17.3. The molecule has 32 heavy (non-hydrogen) atoms. The van der Waals surface area contributed by atoms with E-state index in [1.807, 2.05) is 11.8 Å². The van der Waals surface area contributed by atoms with Gasteiger partial charge in [0.2, 0.25) is 0 Å². The van der Waals surface area contributed by atoms with Gasteiger partial charge < -0.3 is 10.2 Å². The molecule has 0 saturated carbocycles. The van der Waals surface area contributed by atoms with Crippen LogP contribution in [0.1, 0.15) is 40.4 Å². The molecule has 162 valence electrons. The Kier molecular flexibility index (Phi) is 5.01. The van der Waals surface area contributed by atoms with Gasteiger partial charge in [0.05, 0.1) is 12.2 Å². The standard InChI is InChI=1S/C23H20F2N6O/c1-14-12-26-9-7-15(14)23(32)28-18-13-27-31-11-8-20(29-22(18)31)30-10-3-6-19(30)16-4-2-5-17(24)21(16)25/h2,4-5,7-9,11-13,19H,3,6,10H2,1H3,(H,28,32). The Hall–Kier alpha value is -3.88. The SMILES string of the molecule is Cc1cnccc1C(=O)Nc1cnn2ccc(N3CCCC3c3cccc(F)c3F)nc12. The summed E-state index contributed by atoms with van der Waals surface area (Å²) in [6, 6.07) is 7.37. The van der Waals surface area contributed by atoms with Crippen LogP contribution in [0.15, 0.2) is 55.1 Å². The van der Waals surface area contributed by atoms with Crippen molar-refractivity contribution in [3.05, 3.63) is 83.4 Å². The molecule has 0 bridgehead atoms. The van der Waals surface area contributed by atoms with Crippen molar-refractivity contribution >= 4 is 23.1 Å². The minimum absolute atomic E-state index is 0.284. The molecule has 1 atom stereocenters. The largest absolute Gasteiger partial charge is 0.349 e. The summed E-state index contributed by atoms with van der Waals surface area (Å²) in [6.07, 6.45) is 7.99. The van der Waals surface area contributed by atoms with Crippen LogP contribution in [0.4, 0.5) is 20.3 Å². The first-order valence-corrected chi connectivity index (χ1v) is 10.3. The molecule has 1 fully saturated rings. The van der Waals surface area contributed by atoms with Gasteiger partial charge in [-0.25, -0.2) is 18.3 Å². The van der Waals surface area contributed by atoms with Gasteiger partial charge in [0.1, 0.15) is 11.5 Å². The highest BCUT2D eigenvalue weighted by atomic mass is 19.2. The van der Waals surface area contributed by atoms with Gasteiger partial charge in [-0.2, -0.15) is 5.10 Å². The van der Waals surface area contributed by atoms with E-state index in [2.05, 4.69) is 15.4 Å². The van der Waals surface area contributed by atoms with E-state index < -0.39 is 11.6 Å². The number of nitrogens with one attached hydrogen (secondary N) is 1. The van der Waals surface area contributed by atoms with E-state index in [1.165, 1.54) is 12.3 Å². The van der Waals surface area contributed by atoms with E-state index in [9.17, 15) is 13.6 Å². The van der Waals surface area contributed by atoms with Crippen molar-refractivity contribution < 1.29 is 13.6 Å². The maximum absolute atomic E-state index is 14.5. The maximum atomic E-state index is 14.5. The number of pyridine rings is 1. The van der Waals surface area contributed by atoms with E-state index in [0.29, 0.717) is 41.2 Å². The maximum Gasteiger partial charge on any atom is 0.256 e. The van der Waals surface area contributed by atoms with Crippen molar-refractivity contribution in [3.8, 4) is 0 Å². The molecule has 1 amide bonds. The fraction of sp³-hybridized carbons (Fsp3) is 0.217. The number of benzene rings is 1. The number of carbonyl (C=O) groups is 1. The van der Waals surface area contributed by atoms with Gasteiger partial charge in [0.25, 0.3) is 5.91 Å². The average Bonchev–Trinajstić information content (AvgIpc) is 3.43. The highest BCUT2D eigenvalue weighted by Gasteiger charge is 2.30. The first-order chi connectivity index (χ1) is 15.5. The van der Waals surface area contributed by atoms with Crippen LogP contribution in [-0.2, 0) is 0 Å². The lowest BCUT2D eigenvalue weighted by Gasteiger charge is -2.26. The molecular weight excluding hydrogens is 414 g/mol. The van der Waals surface area contributed by atoms with Crippen molar-refractivity contribution in [2.45, 2.75) is 25.8 Å². The number of aromatic nitrogens is 4. The molecule has 1 saturated heterocycles. The lowest BCUT2D eigenvalue weighted by molar-refractivity contribution is 0.102. The van der Waals surface area contributed by atoms with E-state index in [1.54, 1.807) is 41.3 Å². The summed E-state index contributed by atoms with van der Waals surface area (Å²) in [6.45, 7) is 2.48. The summed E-state index contributed by atoms with van der Waals surface area (Å²) < 4.78 is 29.8. The van der Waals surface area contributed by atoms with Crippen LogP contribution in [-0.4, -0.2) is 32.0 Å². The van der Waals surface area contributed by atoms with Gasteiger partial charge in [0, 0.05) is 36.3 Å². The number of rotatable bonds is 4. The molecular formula is C23H20F2N6O. The summed E-state index contributed by atoms with van der Waals surface area (Å²) in [7, 11) is 0. The predicted molar refractivity (Wildman–Crippen MR) is 116 cm³/mol. The Morgan fingerprint density at radius 1 is 1.19 bits per heavy atom.